The molecule has 32 heavy (non-hydrogen) atoms. The largest absolute Gasteiger partial charge is 0.454 e. The number of rotatable bonds is 9. The van der Waals surface area contributed by atoms with Crippen LogP contribution in [0.15, 0.2) is 53.5 Å². The third kappa shape index (κ3) is 6.07. The SMILES string of the molecule is CC(C)N1CCC(Cc2ccc(CCNC(=O)c3ccc(Cn4cncn4)o3)cc2)CC1. The molecule has 0 aliphatic carbocycles. The Hall–Kier alpha value is -2.93. The highest BCUT2D eigenvalue weighted by atomic mass is 16.4. The van der Waals surface area contributed by atoms with E-state index in [0.717, 1.165) is 12.3 Å². The summed E-state index contributed by atoms with van der Waals surface area (Å²) in [5.74, 6) is 1.59. The van der Waals surface area contributed by atoms with Gasteiger partial charge in [-0.05, 0) is 81.8 Å². The Morgan fingerprint density at radius 1 is 1.12 bits per heavy atom. The molecule has 0 spiro atoms. The summed E-state index contributed by atoms with van der Waals surface area (Å²) in [6.07, 6.45) is 7.63. The van der Waals surface area contributed by atoms with Crippen molar-refractivity contribution in [3.05, 3.63) is 71.7 Å². The summed E-state index contributed by atoms with van der Waals surface area (Å²) in [5.41, 5.74) is 2.64. The van der Waals surface area contributed by atoms with Crippen LogP contribution in [0.5, 0.6) is 0 Å². The van der Waals surface area contributed by atoms with Gasteiger partial charge in [0.1, 0.15) is 25.0 Å². The van der Waals surface area contributed by atoms with Crippen molar-refractivity contribution in [1.29, 1.82) is 0 Å². The maximum atomic E-state index is 12.3. The van der Waals surface area contributed by atoms with Gasteiger partial charge in [0.15, 0.2) is 5.76 Å². The fraction of sp³-hybridized carbons (Fsp3) is 0.480. The first kappa shape index (κ1) is 22.3. The zero-order valence-corrected chi connectivity index (χ0v) is 19.0. The lowest BCUT2D eigenvalue weighted by Crippen LogP contribution is -2.38. The highest BCUT2D eigenvalue weighted by molar-refractivity contribution is 5.91. The van der Waals surface area contributed by atoms with Crippen LogP contribution in [0.4, 0.5) is 0 Å². The van der Waals surface area contributed by atoms with Gasteiger partial charge < -0.3 is 14.6 Å². The molecule has 7 nitrogen and oxygen atoms in total. The van der Waals surface area contributed by atoms with E-state index in [1.54, 1.807) is 23.1 Å². The molecule has 4 rings (SSSR count). The Labute approximate surface area is 189 Å². The van der Waals surface area contributed by atoms with Crippen molar-refractivity contribution in [3.8, 4) is 0 Å². The molecule has 1 aromatic carbocycles. The fourth-order valence-corrected chi connectivity index (χ4v) is 4.32. The van der Waals surface area contributed by atoms with Gasteiger partial charge in [-0.25, -0.2) is 9.67 Å². The van der Waals surface area contributed by atoms with Crippen molar-refractivity contribution in [3.63, 3.8) is 0 Å². The van der Waals surface area contributed by atoms with Crippen LogP contribution < -0.4 is 5.32 Å². The van der Waals surface area contributed by atoms with E-state index in [1.165, 1.54) is 49.8 Å². The summed E-state index contributed by atoms with van der Waals surface area (Å²) in [7, 11) is 0. The van der Waals surface area contributed by atoms with E-state index in [-0.39, 0.29) is 5.91 Å². The third-order valence-electron chi connectivity index (χ3n) is 6.30. The average molecular weight is 436 g/mol. The van der Waals surface area contributed by atoms with Gasteiger partial charge in [0.25, 0.3) is 5.91 Å². The van der Waals surface area contributed by atoms with Crippen molar-refractivity contribution in [1.82, 2.24) is 25.0 Å². The highest BCUT2D eigenvalue weighted by Crippen LogP contribution is 2.23. The molecule has 170 valence electrons. The van der Waals surface area contributed by atoms with Crippen molar-refractivity contribution in [2.24, 2.45) is 5.92 Å². The number of carbonyl (C=O) groups is 1. The number of nitrogens with zero attached hydrogens (tertiary/aromatic N) is 4. The molecular weight excluding hydrogens is 402 g/mol. The summed E-state index contributed by atoms with van der Waals surface area (Å²) in [4.78, 5) is 18.8. The van der Waals surface area contributed by atoms with Gasteiger partial charge in [-0.15, -0.1) is 0 Å². The maximum absolute atomic E-state index is 12.3. The van der Waals surface area contributed by atoms with E-state index >= 15 is 0 Å². The number of piperidine rings is 1. The minimum Gasteiger partial charge on any atom is -0.454 e. The summed E-state index contributed by atoms with van der Waals surface area (Å²) >= 11 is 0. The van der Waals surface area contributed by atoms with E-state index in [4.69, 9.17) is 4.42 Å². The van der Waals surface area contributed by atoms with Gasteiger partial charge in [0, 0.05) is 12.6 Å². The fourth-order valence-electron chi connectivity index (χ4n) is 4.32. The second-order valence-corrected chi connectivity index (χ2v) is 8.96. The van der Waals surface area contributed by atoms with E-state index < -0.39 is 0 Å². The topological polar surface area (TPSA) is 76.2 Å². The summed E-state index contributed by atoms with van der Waals surface area (Å²) in [6, 6.07) is 13.0. The zero-order valence-electron chi connectivity index (χ0n) is 19.0. The number of amides is 1. The van der Waals surface area contributed by atoms with Crippen LogP contribution in [0.25, 0.3) is 0 Å². The first-order valence-corrected chi connectivity index (χ1v) is 11.6. The normalized spacial score (nSPS) is 15.3. The lowest BCUT2D eigenvalue weighted by Gasteiger charge is -2.34. The number of hydrogen-bond acceptors (Lipinski definition) is 5. The summed E-state index contributed by atoms with van der Waals surface area (Å²) in [5, 5.41) is 6.98. The molecule has 1 aliphatic heterocycles. The first-order valence-electron chi connectivity index (χ1n) is 11.6. The lowest BCUT2D eigenvalue weighted by atomic mass is 9.89. The Morgan fingerprint density at radius 2 is 1.88 bits per heavy atom. The smallest absolute Gasteiger partial charge is 0.287 e. The Morgan fingerprint density at radius 3 is 2.56 bits per heavy atom. The predicted molar refractivity (Wildman–Crippen MR) is 123 cm³/mol. The van der Waals surface area contributed by atoms with Crippen LogP contribution in [0.2, 0.25) is 0 Å². The summed E-state index contributed by atoms with van der Waals surface area (Å²) in [6.45, 7) is 8.04. The Balaban J connectivity index is 1.18. The standard InChI is InChI=1S/C25H33N5O2/c1-19(2)29-13-10-22(11-14-29)15-21-5-3-20(4-6-21)9-12-27-25(31)24-8-7-23(32-24)16-30-18-26-17-28-30/h3-8,17-19,22H,9-16H2,1-2H3,(H,27,31). The van der Waals surface area contributed by atoms with Crippen molar-refractivity contribution in [2.75, 3.05) is 19.6 Å². The second kappa shape index (κ2) is 10.6. The molecule has 1 fully saturated rings. The van der Waals surface area contributed by atoms with Gasteiger partial charge in [-0.1, -0.05) is 24.3 Å². The number of carbonyl (C=O) groups excluding carboxylic acids is 1. The Kier molecular flexibility index (Phi) is 7.37. The van der Waals surface area contributed by atoms with Crippen molar-refractivity contribution >= 4 is 5.91 Å². The number of benzene rings is 1. The molecule has 1 amide bonds. The van der Waals surface area contributed by atoms with Crippen molar-refractivity contribution in [2.45, 2.75) is 52.1 Å². The quantitative estimate of drug-likeness (QED) is 0.556. The van der Waals surface area contributed by atoms with Crippen LogP contribution in [0.1, 0.15) is 54.1 Å². The second-order valence-electron chi connectivity index (χ2n) is 8.96. The molecule has 0 atom stereocenters. The molecule has 0 saturated carbocycles. The third-order valence-corrected chi connectivity index (χ3v) is 6.30. The number of aromatic nitrogens is 3. The highest BCUT2D eigenvalue weighted by Gasteiger charge is 2.20. The van der Waals surface area contributed by atoms with Gasteiger partial charge in [-0.2, -0.15) is 5.10 Å². The van der Waals surface area contributed by atoms with Crippen LogP contribution in [-0.2, 0) is 19.4 Å². The monoisotopic (exact) mass is 435 g/mol. The van der Waals surface area contributed by atoms with E-state index in [2.05, 4.69) is 58.4 Å². The molecule has 0 unspecified atom stereocenters. The van der Waals surface area contributed by atoms with Crippen LogP contribution in [0, 0.1) is 5.92 Å². The molecule has 3 heterocycles. The van der Waals surface area contributed by atoms with Gasteiger partial charge in [-0.3, -0.25) is 4.79 Å². The molecule has 0 radical (unpaired) electrons. The number of likely N-dealkylation sites (tertiary alicyclic amines) is 1. The molecule has 1 saturated heterocycles. The molecule has 7 heteroatoms. The first-order chi connectivity index (χ1) is 15.6. The maximum Gasteiger partial charge on any atom is 0.287 e. The van der Waals surface area contributed by atoms with E-state index in [0.29, 0.717) is 30.7 Å². The van der Waals surface area contributed by atoms with Crippen LogP contribution in [-0.4, -0.2) is 51.2 Å². The lowest BCUT2D eigenvalue weighted by molar-refractivity contribution is 0.0924. The number of hydrogen-bond donors (Lipinski definition) is 1. The van der Waals surface area contributed by atoms with Crippen LogP contribution >= 0.6 is 0 Å². The summed E-state index contributed by atoms with van der Waals surface area (Å²) < 4.78 is 7.28. The van der Waals surface area contributed by atoms with Crippen LogP contribution in [0.3, 0.4) is 0 Å². The van der Waals surface area contributed by atoms with Gasteiger partial charge in [0.2, 0.25) is 0 Å². The van der Waals surface area contributed by atoms with Crippen molar-refractivity contribution < 1.29 is 9.21 Å². The Bertz CT molecular complexity index is 970. The van der Waals surface area contributed by atoms with E-state index in [1.807, 2.05) is 0 Å². The molecule has 0 bridgehead atoms. The number of furan rings is 1. The number of nitrogens with one attached hydrogen (secondary N) is 1. The predicted octanol–water partition coefficient (Wildman–Crippen LogP) is 3.55. The minimum atomic E-state index is -0.195. The van der Waals surface area contributed by atoms with Gasteiger partial charge in [0.05, 0.1) is 0 Å². The minimum absolute atomic E-state index is 0.195. The molecule has 1 N–H and O–H groups in total. The van der Waals surface area contributed by atoms with Gasteiger partial charge >= 0.3 is 0 Å². The van der Waals surface area contributed by atoms with E-state index in [9.17, 15) is 4.79 Å². The average Bonchev–Trinajstić information content (AvgIpc) is 3.48. The molecule has 1 aliphatic rings. The zero-order chi connectivity index (χ0) is 22.3. The molecule has 2 aromatic heterocycles. The molecule has 3 aromatic rings. The molecular formula is C25H33N5O2.